The molecule has 4 N–H and O–H groups in total. The lowest BCUT2D eigenvalue weighted by molar-refractivity contribution is 0.0698. The Morgan fingerprint density at radius 3 is 2.78 bits per heavy atom. The molecular formula is C12H11BrN2O2S. The van der Waals surface area contributed by atoms with E-state index in [4.69, 9.17) is 10.8 Å². The number of halogens is 1. The first kappa shape index (κ1) is 12.9. The Morgan fingerprint density at radius 2 is 2.17 bits per heavy atom. The van der Waals surface area contributed by atoms with Gasteiger partial charge in [0, 0.05) is 22.8 Å². The Balaban J connectivity index is 2.10. The number of carboxylic acids is 1. The van der Waals surface area contributed by atoms with Crippen molar-refractivity contribution in [2.45, 2.75) is 6.54 Å². The molecule has 1 heterocycles. The number of benzene rings is 1. The van der Waals surface area contributed by atoms with Crippen LogP contribution in [0.4, 0.5) is 11.4 Å². The van der Waals surface area contributed by atoms with Crippen LogP contribution in [-0.2, 0) is 6.54 Å². The molecule has 0 spiro atoms. The van der Waals surface area contributed by atoms with Gasteiger partial charge in [-0.2, -0.15) is 0 Å². The summed E-state index contributed by atoms with van der Waals surface area (Å²) < 4.78 is 1.07. The maximum Gasteiger partial charge on any atom is 0.337 e. The number of nitrogen functional groups attached to an aromatic ring is 1. The van der Waals surface area contributed by atoms with Crippen molar-refractivity contribution in [3.8, 4) is 0 Å². The van der Waals surface area contributed by atoms with Crippen LogP contribution in [-0.4, -0.2) is 11.1 Å². The summed E-state index contributed by atoms with van der Waals surface area (Å²) in [4.78, 5) is 12.1. The lowest BCUT2D eigenvalue weighted by Gasteiger charge is -2.07. The number of carbonyl (C=O) groups is 1. The summed E-state index contributed by atoms with van der Waals surface area (Å²) >= 11 is 5.03. The smallest absolute Gasteiger partial charge is 0.337 e. The fourth-order valence-electron chi connectivity index (χ4n) is 1.49. The van der Waals surface area contributed by atoms with Gasteiger partial charge in [0.1, 0.15) is 0 Å². The van der Waals surface area contributed by atoms with Crippen LogP contribution < -0.4 is 11.1 Å². The van der Waals surface area contributed by atoms with Gasteiger partial charge in [0.2, 0.25) is 0 Å². The number of hydrogen-bond donors (Lipinski definition) is 3. The van der Waals surface area contributed by atoms with Crippen LogP contribution in [0, 0.1) is 0 Å². The van der Waals surface area contributed by atoms with Crippen LogP contribution in [0.3, 0.4) is 0 Å². The number of thiophene rings is 1. The van der Waals surface area contributed by atoms with Crippen molar-refractivity contribution in [2.75, 3.05) is 11.1 Å². The zero-order valence-corrected chi connectivity index (χ0v) is 11.7. The molecule has 0 radical (unpaired) electrons. The third-order valence-electron chi connectivity index (χ3n) is 2.38. The van der Waals surface area contributed by atoms with Crippen molar-refractivity contribution in [2.24, 2.45) is 0 Å². The van der Waals surface area contributed by atoms with Crippen molar-refractivity contribution < 1.29 is 9.90 Å². The Bertz CT molecular complexity index is 583. The molecule has 0 saturated carbocycles. The molecule has 0 fully saturated rings. The van der Waals surface area contributed by atoms with E-state index < -0.39 is 5.97 Å². The molecule has 0 amide bonds. The molecule has 2 rings (SSSR count). The van der Waals surface area contributed by atoms with Crippen molar-refractivity contribution in [1.82, 2.24) is 0 Å². The van der Waals surface area contributed by atoms with Gasteiger partial charge in [0.05, 0.1) is 9.35 Å². The summed E-state index contributed by atoms with van der Waals surface area (Å²) in [7, 11) is 0. The van der Waals surface area contributed by atoms with Crippen LogP contribution in [0.1, 0.15) is 15.2 Å². The van der Waals surface area contributed by atoms with E-state index in [1.165, 1.54) is 0 Å². The second-order valence-corrected chi connectivity index (χ2v) is 6.21. The minimum absolute atomic E-state index is 0.118. The van der Waals surface area contributed by atoms with Gasteiger partial charge in [0.15, 0.2) is 0 Å². The van der Waals surface area contributed by atoms with Crippen LogP contribution in [0.5, 0.6) is 0 Å². The molecule has 0 unspecified atom stereocenters. The van der Waals surface area contributed by atoms with Gasteiger partial charge in [0.25, 0.3) is 0 Å². The van der Waals surface area contributed by atoms with E-state index in [9.17, 15) is 4.79 Å². The average molecular weight is 327 g/mol. The average Bonchev–Trinajstić information content (AvgIpc) is 2.74. The SMILES string of the molecule is Nc1ccc(NCc2ccc(Br)s2)cc1C(=O)O. The number of anilines is 2. The summed E-state index contributed by atoms with van der Waals surface area (Å²) in [5.74, 6) is -1.02. The lowest BCUT2D eigenvalue weighted by Crippen LogP contribution is -2.04. The monoisotopic (exact) mass is 326 g/mol. The number of nitrogens with two attached hydrogens (primary N) is 1. The second-order valence-electron chi connectivity index (χ2n) is 3.67. The normalized spacial score (nSPS) is 10.3. The standard InChI is InChI=1S/C12H11BrN2O2S/c13-11-4-2-8(18-11)6-15-7-1-3-10(14)9(5-7)12(16)17/h1-5,15H,6,14H2,(H,16,17). The van der Waals surface area contributed by atoms with Gasteiger partial charge in [-0.1, -0.05) is 0 Å². The van der Waals surface area contributed by atoms with Crippen molar-refractivity contribution in [1.29, 1.82) is 0 Å². The summed E-state index contributed by atoms with van der Waals surface area (Å²) in [5, 5.41) is 12.1. The summed E-state index contributed by atoms with van der Waals surface area (Å²) in [6.07, 6.45) is 0. The number of carboxylic acid groups (broad SMARTS) is 1. The maximum atomic E-state index is 10.9. The van der Waals surface area contributed by atoms with Gasteiger partial charge in [-0.05, 0) is 46.3 Å². The third-order valence-corrected chi connectivity index (χ3v) is 4.00. The Hall–Kier alpha value is -1.53. The molecule has 2 aromatic rings. The highest BCUT2D eigenvalue weighted by molar-refractivity contribution is 9.11. The van der Waals surface area contributed by atoms with Crippen LogP contribution in [0.15, 0.2) is 34.1 Å². The molecule has 6 heteroatoms. The number of rotatable bonds is 4. The van der Waals surface area contributed by atoms with E-state index >= 15 is 0 Å². The third kappa shape index (κ3) is 3.02. The predicted octanol–water partition coefficient (Wildman–Crippen LogP) is 3.40. The van der Waals surface area contributed by atoms with E-state index in [-0.39, 0.29) is 11.3 Å². The van der Waals surface area contributed by atoms with Crippen LogP contribution >= 0.6 is 27.3 Å². The Labute approximate surface area is 117 Å². The molecule has 18 heavy (non-hydrogen) atoms. The fourth-order valence-corrected chi connectivity index (χ4v) is 2.91. The van der Waals surface area contributed by atoms with Crippen LogP contribution in [0.2, 0.25) is 0 Å². The molecule has 1 aromatic heterocycles. The molecular weight excluding hydrogens is 316 g/mol. The number of aromatic carboxylic acids is 1. The van der Waals surface area contributed by atoms with E-state index in [0.29, 0.717) is 6.54 Å². The minimum atomic E-state index is -1.02. The van der Waals surface area contributed by atoms with Gasteiger partial charge in [-0.25, -0.2) is 4.79 Å². The maximum absolute atomic E-state index is 10.9. The highest BCUT2D eigenvalue weighted by Gasteiger charge is 2.08. The van der Waals surface area contributed by atoms with Gasteiger partial charge < -0.3 is 16.2 Å². The molecule has 4 nitrogen and oxygen atoms in total. The summed E-state index contributed by atoms with van der Waals surface area (Å²) in [6, 6.07) is 8.89. The molecule has 0 saturated heterocycles. The number of hydrogen-bond acceptors (Lipinski definition) is 4. The van der Waals surface area contributed by atoms with Crippen LogP contribution in [0.25, 0.3) is 0 Å². The van der Waals surface area contributed by atoms with Crippen molar-refractivity contribution in [3.05, 3.63) is 44.6 Å². The summed E-state index contributed by atoms with van der Waals surface area (Å²) in [6.45, 7) is 0.652. The first-order valence-corrected chi connectivity index (χ1v) is 6.78. The fraction of sp³-hybridized carbons (Fsp3) is 0.0833. The molecule has 0 aliphatic carbocycles. The van der Waals surface area contributed by atoms with Crippen molar-refractivity contribution >= 4 is 44.6 Å². The topological polar surface area (TPSA) is 75.3 Å². The van der Waals surface area contributed by atoms with Crippen molar-refractivity contribution in [3.63, 3.8) is 0 Å². The molecule has 1 aromatic carbocycles. The van der Waals surface area contributed by atoms with E-state index in [1.54, 1.807) is 29.5 Å². The highest BCUT2D eigenvalue weighted by atomic mass is 79.9. The first-order valence-electron chi connectivity index (χ1n) is 5.17. The minimum Gasteiger partial charge on any atom is -0.478 e. The van der Waals surface area contributed by atoms with E-state index in [1.807, 2.05) is 12.1 Å². The predicted molar refractivity (Wildman–Crippen MR) is 77.2 cm³/mol. The van der Waals surface area contributed by atoms with Gasteiger partial charge in [-0.15, -0.1) is 11.3 Å². The quantitative estimate of drug-likeness (QED) is 0.752. The van der Waals surface area contributed by atoms with Gasteiger partial charge in [-0.3, -0.25) is 0 Å². The molecule has 0 aliphatic rings. The molecule has 94 valence electrons. The second kappa shape index (κ2) is 5.41. The molecule has 0 aliphatic heterocycles. The molecule has 0 atom stereocenters. The zero-order valence-electron chi connectivity index (χ0n) is 9.31. The lowest BCUT2D eigenvalue weighted by atomic mass is 10.1. The molecule has 0 bridgehead atoms. The largest absolute Gasteiger partial charge is 0.478 e. The first-order chi connectivity index (χ1) is 8.56. The zero-order chi connectivity index (χ0) is 13.1. The number of nitrogens with one attached hydrogen (secondary N) is 1. The van der Waals surface area contributed by atoms with E-state index in [2.05, 4.69) is 21.2 Å². The van der Waals surface area contributed by atoms with Gasteiger partial charge >= 0.3 is 5.97 Å². The highest BCUT2D eigenvalue weighted by Crippen LogP contribution is 2.24. The Morgan fingerprint density at radius 1 is 1.39 bits per heavy atom. The van der Waals surface area contributed by atoms with E-state index in [0.717, 1.165) is 14.4 Å². The Kier molecular flexibility index (Phi) is 3.88. The summed E-state index contributed by atoms with van der Waals surface area (Å²) in [5.41, 5.74) is 6.72.